The lowest BCUT2D eigenvalue weighted by Crippen LogP contribution is -2.00. The predicted octanol–water partition coefficient (Wildman–Crippen LogP) is 2.74. The Balaban J connectivity index is 2.08. The highest BCUT2D eigenvalue weighted by Gasteiger charge is 2.34. The average molecular weight is 314 g/mol. The second kappa shape index (κ2) is 5.24. The Bertz CT molecular complexity index is 851. The number of ether oxygens (including phenoxy) is 2. The molecule has 0 fully saturated rings. The second-order valence-electron chi connectivity index (χ2n) is 5.12. The van der Waals surface area contributed by atoms with Crippen LogP contribution >= 0.6 is 0 Å². The molecule has 1 aliphatic heterocycles. The van der Waals surface area contributed by atoms with Gasteiger partial charge < -0.3 is 24.8 Å². The van der Waals surface area contributed by atoms with Crippen LogP contribution in [0.15, 0.2) is 30.0 Å². The van der Waals surface area contributed by atoms with Gasteiger partial charge in [0, 0.05) is 11.6 Å². The van der Waals surface area contributed by atoms with E-state index in [2.05, 4.69) is 0 Å². The molecule has 1 aliphatic rings. The molecule has 0 bridgehead atoms. The van der Waals surface area contributed by atoms with Crippen molar-refractivity contribution >= 4 is 11.9 Å². The van der Waals surface area contributed by atoms with Gasteiger partial charge in [0.1, 0.15) is 22.8 Å². The molecule has 0 spiro atoms. The molecule has 3 rings (SSSR count). The van der Waals surface area contributed by atoms with Gasteiger partial charge in [-0.25, -0.2) is 0 Å². The topological polar surface area (TPSA) is 96.2 Å². The minimum Gasteiger partial charge on any atom is -0.507 e. The second-order valence-corrected chi connectivity index (χ2v) is 5.12. The maximum atomic E-state index is 12.5. The Kier molecular flexibility index (Phi) is 3.37. The molecular weight excluding hydrogens is 300 g/mol. The van der Waals surface area contributed by atoms with Crippen LogP contribution in [0.3, 0.4) is 0 Å². The molecule has 0 saturated carbocycles. The molecule has 0 saturated heterocycles. The number of phenols is 3. The standard InChI is InChI=1S/C17H14O6/c1-8-11(19)7-13(22-2)15-16(21)14(23-17(8)15)6-9-3-4-10(18)12(20)5-9/h3-7,18-20H,1-2H3/b14-6-. The summed E-state index contributed by atoms with van der Waals surface area (Å²) in [5.74, 6) is -0.446. The number of methoxy groups -OCH3 is 1. The van der Waals surface area contributed by atoms with Gasteiger partial charge in [-0.1, -0.05) is 6.07 Å². The van der Waals surface area contributed by atoms with E-state index >= 15 is 0 Å². The molecule has 0 aromatic heterocycles. The quantitative estimate of drug-likeness (QED) is 0.582. The number of carbonyl (C=O) groups is 1. The van der Waals surface area contributed by atoms with E-state index in [-0.39, 0.29) is 45.9 Å². The van der Waals surface area contributed by atoms with Crippen molar-refractivity contribution in [1.29, 1.82) is 0 Å². The lowest BCUT2D eigenvalue weighted by atomic mass is 10.0. The van der Waals surface area contributed by atoms with Crippen LogP contribution in [0.4, 0.5) is 0 Å². The molecule has 0 amide bonds. The summed E-state index contributed by atoms with van der Waals surface area (Å²) in [6.07, 6.45) is 1.44. The van der Waals surface area contributed by atoms with Crippen molar-refractivity contribution in [3.8, 4) is 28.7 Å². The number of carbonyl (C=O) groups excluding carboxylic acids is 1. The van der Waals surface area contributed by atoms with Gasteiger partial charge in [0.05, 0.1) is 7.11 Å². The van der Waals surface area contributed by atoms with E-state index in [0.29, 0.717) is 11.1 Å². The van der Waals surface area contributed by atoms with Crippen LogP contribution in [-0.4, -0.2) is 28.2 Å². The molecule has 23 heavy (non-hydrogen) atoms. The normalized spacial score (nSPS) is 14.7. The van der Waals surface area contributed by atoms with Gasteiger partial charge >= 0.3 is 0 Å². The SMILES string of the molecule is COc1cc(O)c(C)c2c1C(=O)/C(=C/c1ccc(O)c(O)c1)O2. The molecule has 2 aromatic carbocycles. The fraction of sp³-hybridized carbons (Fsp3) is 0.118. The minimum absolute atomic E-state index is 0.0306. The first-order chi connectivity index (χ1) is 10.9. The summed E-state index contributed by atoms with van der Waals surface area (Å²) in [7, 11) is 1.40. The monoisotopic (exact) mass is 314 g/mol. The van der Waals surface area contributed by atoms with Gasteiger partial charge in [0.2, 0.25) is 5.78 Å². The number of allylic oxidation sites excluding steroid dienone is 1. The number of hydrogen-bond acceptors (Lipinski definition) is 6. The molecule has 6 heteroatoms. The summed E-state index contributed by atoms with van der Waals surface area (Å²) in [5, 5.41) is 28.7. The maximum absolute atomic E-state index is 12.5. The van der Waals surface area contributed by atoms with E-state index in [0.717, 1.165) is 0 Å². The highest BCUT2D eigenvalue weighted by Crippen LogP contribution is 2.44. The highest BCUT2D eigenvalue weighted by atomic mass is 16.5. The van der Waals surface area contributed by atoms with Gasteiger partial charge in [0.15, 0.2) is 17.3 Å². The van der Waals surface area contributed by atoms with Gasteiger partial charge in [-0.3, -0.25) is 4.79 Å². The zero-order chi connectivity index (χ0) is 16.7. The van der Waals surface area contributed by atoms with E-state index in [1.807, 2.05) is 0 Å². The number of Topliss-reactive ketones (excluding diaryl/α,β-unsaturated/α-hetero) is 1. The van der Waals surface area contributed by atoms with Crippen molar-refractivity contribution in [2.24, 2.45) is 0 Å². The van der Waals surface area contributed by atoms with Crippen LogP contribution in [0.1, 0.15) is 21.5 Å². The van der Waals surface area contributed by atoms with E-state index in [1.54, 1.807) is 6.92 Å². The summed E-state index contributed by atoms with van der Waals surface area (Å²) in [6, 6.07) is 5.52. The molecule has 2 aromatic rings. The van der Waals surface area contributed by atoms with E-state index in [1.165, 1.54) is 37.5 Å². The van der Waals surface area contributed by atoms with E-state index in [4.69, 9.17) is 9.47 Å². The van der Waals surface area contributed by atoms with Crippen molar-refractivity contribution in [2.45, 2.75) is 6.92 Å². The first-order valence-corrected chi connectivity index (χ1v) is 6.79. The molecule has 6 nitrogen and oxygen atoms in total. The number of fused-ring (bicyclic) bond motifs is 1. The number of benzene rings is 2. The smallest absolute Gasteiger partial charge is 0.235 e. The highest BCUT2D eigenvalue weighted by molar-refractivity contribution is 6.16. The number of hydrogen-bond donors (Lipinski definition) is 3. The Labute approximate surface area is 131 Å². The summed E-state index contributed by atoms with van der Waals surface area (Å²) < 4.78 is 10.7. The predicted molar refractivity (Wildman–Crippen MR) is 82.1 cm³/mol. The van der Waals surface area contributed by atoms with Crippen LogP contribution in [0.5, 0.6) is 28.7 Å². The van der Waals surface area contributed by atoms with Crippen LogP contribution in [0.25, 0.3) is 6.08 Å². The maximum Gasteiger partial charge on any atom is 0.235 e. The van der Waals surface area contributed by atoms with Gasteiger partial charge in [-0.05, 0) is 30.7 Å². The Morgan fingerprint density at radius 2 is 1.83 bits per heavy atom. The zero-order valence-electron chi connectivity index (χ0n) is 12.5. The molecule has 3 N–H and O–H groups in total. The third kappa shape index (κ3) is 2.34. The summed E-state index contributed by atoms with van der Waals surface area (Å²) >= 11 is 0. The Morgan fingerprint density at radius 3 is 2.48 bits per heavy atom. The summed E-state index contributed by atoms with van der Waals surface area (Å²) in [6.45, 7) is 1.64. The largest absolute Gasteiger partial charge is 0.507 e. The lowest BCUT2D eigenvalue weighted by Gasteiger charge is -2.08. The van der Waals surface area contributed by atoms with E-state index in [9.17, 15) is 20.1 Å². The molecule has 1 heterocycles. The Morgan fingerprint density at radius 1 is 1.09 bits per heavy atom. The van der Waals surface area contributed by atoms with Crippen molar-refractivity contribution in [3.63, 3.8) is 0 Å². The number of rotatable bonds is 2. The minimum atomic E-state index is -0.382. The van der Waals surface area contributed by atoms with Crippen molar-refractivity contribution in [1.82, 2.24) is 0 Å². The van der Waals surface area contributed by atoms with Crippen LogP contribution in [0.2, 0.25) is 0 Å². The van der Waals surface area contributed by atoms with Crippen LogP contribution in [0, 0.1) is 6.92 Å². The van der Waals surface area contributed by atoms with Crippen molar-refractivity contribution in [2.75, 3.05) is 7.11 Å². The Hall–Kier alpha value is -3.15. The number of phenolic OH excluding ortho intramolecular Hbond substituents is 3. The number of aromatic hydroxyl groups is 3. The fourth-order valence-electron chi connectivity index (χ4n) is 2.38. The molecule has 0 atom stereocenters. The number of ketones is 1. The first kappa shape index (κ1) is 14.8. The molecule has 0 radical (unpaired) electrons. The third-order valence-electron chi connectivity index (χ3n) is 3.65. The van der Waals surface area contributed by atoms with Gasteiger partial charge in [0.25, 0.3) is 0 Å². The molecule has 0 unspecified atom stereocenters. The molecular formula is C17H14O6. The summed E-state index contributed by atoms with van der Waals surface area (Å²) in [4.78, 5) is 12.5. The van der Waals surface area contributed by atoms with Gasteiger partial charge in [-0.15, -0.1) is 0 Å². The van der Waals surface area contributed by atoms with Crippen LogP contribution in [-0.2, 0) is 0 Å². The summed E-state index contributed by atoms with van der Waals surface area (Å²) in [5.41, 5.74) is 1.17. The molecule has 118 valence electrons. The van der Waals surface area contributed by atoms with Crippen molar-refractivity contribution in [3.05, 3.63) is 46.7 Å². The fourth-order valence-corrected chi connectivity index (χ4v) is 2.38. The first-order valence-electron chi connectivity index (χ1n) is 6.79. The average Bonchev–Trinajstić information content (AvgIpc) is 2.84. The van der Waals surface area contributed by atoms with Crippen molar-refractivity contribution < 1.29 is 29.6 Å². The van der Waals surface area contributed by atoms with Gasteiger partial charge in [-0.2, -0.15) is 0 Å². The van der Waals surface area contributed by atoms with Crippen LogP contribution < -0.4 is 9.47 Å². The lowest BCUT2D eigenvalue weighted by molar-refractivity contribution is 0.101. The third-order valence-corrected chi connectivity index (χ3v) is 3.65. The van der Waals surface area contributed by atoms with E-state index < -0.39 is 0 Å². The molecule has 0 aliphatic carbocycles. The zero-order valence-corrected chi connectivity index (χ0v) is 12.5.